The van der Waals surface area contributed by atoms with Crippen LogP contribution in [0.2, 0.25) is 0 Å². The van der Waals surface area contributed by atoms with Gasteiger partial charge in [0.2, 0.25) is 0 Å². The van der Waals surface area contributed by atoms with Crippen molar-refractivity contribution in [2.24, 2.45) is 7.05 Å². The SMILES string of the molecule is Cn1nccc1COc1ccc(F)cc1N1C(=O)c2ccccc2C1=O. The molecule has 1 aliphatic heterocycles. The first-order chi connectivity index (χ1) is 12.6. The Labute approximate surface area is 148 Å². The van der Waals surface area contributed by atoms with Gasteiger partial charge in [-0.1, -0.05) is 12.1 Å². The van der Waals surface area contributed by atoms with Crippen LogP contribution in [-0.2, 0) is 13.7 Å². The van der Waals surface area contributed by atoms with E-state index in [9.17, 15) is 14.0 Å². The van der Waals surface area contributed by atoms with E-state index in [0.29, 0.717) is 11.1 Å². The predicted octanol–water partition coefficient (Wildman–Crippen LogP) is 2.94. The second kappa shape index (κ2) is 6.11. The molecule has 0 unspecified atom stereocenters. The highest BCUT2D eigenvalue weighted by Gasteiger charge is 2.38. The van der Waals surface area contributed by atoms with Crippen LogP contribution in [0, 0.1) is 5.82 Å². The Morgan fingerprint density at radius 3 is 2.35 bits per heavy atom. The van der Waals surface area contributed by atoms with Crippen molar-refractivity contribution >= 4 is 17.5 Å². The molecule has 6 nitrogen and oxygen atoms in total. The molecule has 3 aromatic rings. The van der Waals surface area contributed by atoms with Crippen molar-refractivity contribution in [1.82, 2.24) is 9.78 Å². The van der Waals surface area contributed by atoms with E-state index in [1.54, 1.807) is 48.3 Å². The summed E-state index contributed by atoms with van der Waals surface area (Å²) >= 11 is 0. The van der Waals surface area contributed by atoms with Crippen molar-refractivity contribution in [1.29, 1.82) is 0 Å². The van der Waals surface area contributed by atoms with E-state index in [4.69, 9.17) is 4.74 Å². The number of carbonyl (C=O) groups excluding carboxylic acids is 2. The number of anilines is 1. The standard InChI is InChI=1S/C19H14FN3O3/c1-22-13(8-9-21-22)11-26-17-7-6-12(20)10-16(17)23-18(24)14-4-2-3-5-15(14)19(23)25/h2-10H,11H2,1H3. The van der Waals surface area contributed by atoms with E-state index < -0.39 is 17.6 Å². The Balaban J connectivity index is 1.71. The van der Waals surface area contributed by atoms with Gasteiger partial charge in [0.1, 0.15) is 18.2 Å². The quantitative estimate of drug-likeness (QED) is 0.678. The fourth-order valence-electron chi connectivity index (χ4n) is 2.89. The summed E-state index contributed by atoms with van der Waals surface area (Å²) in [7, 11) is 1.77. The molecule has 0 fully saturated rings. The third-order valence-electron chi connectivity index (χ3n) is 4.25. The van der Waals surface area contributed by atoms with Crippen LogP contribution in [0.5, 0.6) is 5.75 Å². The lowest BCUT2D eigenvalue weighted by Crippen LogP contribution is -2.30. The number of fused-ring (bicyclic) bond motifs is 1. The van der Waals surface area contributed by atoms with Gasteiger partial charge in [-0.2, -0.15) is 5.10 Å². The van der Waals surface area contributed by atoms with Gasteiger partial charge >= 0.3 is 0 Å². The molecule has 130 valence electrons. The van der Waals surface area contributed by atoms with Crippen molar-refractivity contribution in [2.75, 3.05) is 4.90 Å². The number of amides is 2. The zero-order chi connectivity index (χ0) is 18.3. The van der Waals surface area contributed by atoms with Gasteiger partial charge in [-0.3, -0.25) is 14.3 Å². The molecule has 7 heteroatoms. The van der Waals surface area contributed by atoms with Crippen molar-refractivity contribution < 1.29 is 18.7 Å². The van der Waals surface area contributed by atoms with E-state index >= 15 is 0 Å². The molecule has 0 bridgehead atoms. The lowest BCUT2D eigenvalue weighted by Gasteiger charge is -2.18. The van der Waals surface area contributed by atoms with Gasteiger partial charge < -0.3 is 4.74 Å². The summed E-state index contributed by atoms with van der Waals surface area (Å²) in [5.41, 5.74) is 1.46. The number of imide groups is 1. The Morgan fingerprint density at radius 1 is 1.04 bits per heavy atom. The van der Waals surface area contributed by atoms with Crippen LogP contribution in [-0.4, -0.2) is 21.6 Å². The van der Waals surface area contributed by atoms with Gasteiger partial charge in [0.25, 0.3) is 11.8 Å². The number of nitrogens with zero attached hydrogens (tertiary/aromatic N) is 3. The monoisotopic (exact) mass is 351 g/mol. The van der Waals surface area contributed by atoms with E-state index in [-0.39, 0.29) is 18.0 Å². The average Bonchev–Trinajstić information content (AvgIpc) is 3.16. The van der Waals surface area contributed by atoms with E-state index in [2.05, 4.69) is 5.10 Å². The highest BCUT2D eigenvalue weighted by molar-refractivity contribution is 6.34. The van der Waals surface area contributed by atoms with Crippen LogP contribution in [0.1, 0.15) is 26.4 Å². The maximum Gasteiger partial charge on any atom is 0.266 e. The largest absolute Gasteiger partial charge is 0.485 e. The minimum Gasteiger partial charge on any atom is -0.485 e. The molecule has 4 rings (SSSR count). The van der Waals surface area contributed by atoms with Gasteiger partial charge in [0, 0.05) is 19.3 Å². The molecule has 0 radical (unpaired) electrons. The maximum absolute atomic E-state index is 13.8. The van der Waals surface area contributed by atoms with Gasteiger partial charge in [0.15, 0.2) is 0 Å². The second-order valence-electron chi connectivity index (χ2n) is 5.84. The van der Waals surface area contributed by atoms with Crippen LogP contribution in [0.25, 0.3) is 0 Å². The lowest BCUT2D eigenvalue weighted by molar-refractivity contribution is 0.0924. The number of benzene rings is 2. The summed E-state index contributed by atoms with van der Waals surface area (Å²) in [6.07, 6.45) is 1.63. The third kappa shape index (κ3) is 2.54. The number of halogens is 1. The minimum atomic E-state index is -0.565. The average molecular weight is 351 g/mol. The first kappa shape index (κ1) is 16.0. The molecule has 0 N–H and O–H groups in total. The predicted molar refractivity (Wildman–Crippen MR) is 91.5 cm³/mol. The summed E-state index contributed by atoms with van der Waals surface area (Å²) in [4.78, 5) is 26.3. The summed E-state index contributed by atoms with van der Waals surface area (Å²) in [5, 5.41) is 4.05. The molecule has 26 heavy (non-hydrogen) atoms. The van der Waals surface area contributed by atoms with E-state index in [1.807, 2.05) is 0 Å². The molecule has 0 aliphatic carbocycles. The lowest BCUT2D eigenvalue weighted by atomic mass is 10.1. The minimum absolute atomic E-state index is 0.0818. The molecule has 0 spiro atoms. The van der Waals surface area contributed by atoms with Gasteiger partial charge in [0.05, 0.1) is 22.5 Å². The smallest absolute Gasteiger partial charge is 0.266 e. The first-order valence-electron chi connectivity index (χ1n) is 7.93. The molecule has 2 amide bonds. The van der Waals surface area contributed by atoms with E-state index in [1.165, 1.54) is 12.1 Å². The zero-order valence-corrected chi connectivity index (χ0v) is 13.8. The molecule has 1 aliphatic rings. The summed E-state index contributed by atoms with van der Waals surface area (Å²) < 4.78 is 21.2. The zero-order valence-electron chi connectivity index (χ0n) is 13.8. The van der Waals surface area contributed by atoms with Crippen molar-refractivity contribution in [2.45, 2.75) is 6.61 Å². The fraction of sp³-hybridized carbons (Fsp3) is 0.105. The van der Waals surface area contributed by atoms with Crippen molar-refractivity contribution in [3.8, 4) is 5.75 Å². The highest BCUT2D eigenvalue weighted by atomic mass is 19.1. The van der Waals surface area contributed by atoms with Gasteiger partial charge in [-0.15, -0.1) is 0 Å². The van der Waals surface area contributed by atoms with Crippen LogP contribution in [0.3, 0.4) is 0 Å². The molecule has 0 atom stereocenters. The summed E-state index contributed by atoms with van der Waals surface area (Å²) in [6.45, 7) is 0.165. The second-order valence-corrected chi connectivity index (χ2v) is 5.84. The van der Waals surface area contributed by atoms with Crippen molar-refractivity contribution in [3.63, 3.8) is 0 Å². The van der Waals surface area contributed by atoms with Gasteiger partial charge in [-0.25, -0.2) is 9.29 Å². The molecule has 1 aromatic heterocycles. The Hall–Kier alpha value is -3.48. The number of carbonyl (C=O) groups is 2. The highest BCUT2D eigenvalue weighted by Crippen LogP contribution is 2.35. The first-order valence-corrected chi connectivity index (χ1v) is 7.93. The third-order valence-corrected chi connectivity index (χ3v) is 4.25. The van der Waals surface area contributed by atoms with E-state index in [0.717, 1.165) is 16.7 Å². The number of rotatable bonds is 4. The molecule has 0 saturated carbocycles. The van der Waals surface area contributed by atoms with Crippen molar-refractivity contribution in [3.05, 3.63) is 77.4 Å². The number of hydrogen-bond acceptors (Lipinski definition) is 4. The van der Waals surface area contributed by atoms with Crippen LogP contribution >= 0.6 is 0 Å². The fourth-order valence-corrected chi connectivity index (χ4v) is 2.89. The van der Waals surface area contributed by atoms with Crippen LogP contribution < -0.4 is 9.64 Å². The number of aromatic nitrogens is 2. The Bertz CT molecular complexity index is 993. The molecular weight excluding hydrogens is 337 g/mol. The number of hydrogen-bond donors (Lipinski definition) is 0. The van der Waals surface area contributed by atoms with Crippen LogP contribution in [0.4, 0.5) is 10.1 Å². The molecule has 2 heterocycles. The Morgan fingerprint density at radius 2 is 1.73 bits per heavy atom. The number of aryl methyl sites for hydroxylation is 1. The topological polar surface area (TPSA) is 64.4 Å². The Kier molecular flexibility index (Phi) is 3.76. The number of ether oxygens (including phenoxy) is 1. The summed E-state index contributed by atoms with van der Waals surface area (Å²) in [5.74, 6) is -1.32. The molecule has 0 saturated heterocycles. The normalized spacial score (nSPS) is 13.2. The molecule has 2 aromatic carbocycles. The van der Waals surface area contributed by atoms with Crippen LogP contribution in [0.15, 0.2) is 54.7 Å². The maximum atomic E-state index is 13.8. The molecular formula is C19H14FN3O3. The van der Waals surface area contributed by atoms with Gasteiger partial charge in [-0.05, 0) is 30.3 Å². The summed E-state index contributed by atoms with van der Waals surface area (Å²) in [6, 6.07) is 12.0.